The van der Waals surface area contributed by atoms with Gasteiger partial charge in [-0.15, -0.1) is 0 Å². The maximum absolute atomic E-state index is 6.25. The highest BCUT2D eigenvalue weighted by molar-refractivity contribution is 5.39. The summed E-state index contributed by atoms with van der Waals surface area (Å²) in [7, 11) is 3.79. The van der Waals surface area contributed by atoms with Gasteiger partial charge in [0.05, 0.1) is 7.11 Å². The van der Waals surface area contributed by atoms with Crippen molar-refractivity contribution in [1.29, 1.82) is 0 Å². The third-order valence-electron chi connectivity index (χ3n) is 2.90. The van der Waals surface area contributed by atoms with Crippen molar-refractivity contribution >= 4 is 0 Å². The molecule has 1 aromatic rings. The number of hydrogen-bond acceptors (Lipinski definition) is 3. The molecule has 0 amide bonds. The number of aryl methyl sites for hydroxylation is 1. The van der Waals surface area contributed by atoms with Gasteiger partial charge in [0.1, 0.15) is 5.75 Å². The lowest BCUT2D eigenvalue weighted by molar-refractivity contribution is 0.309. The summed E-state index contributed by atoms with van der Waals surface area (Å²) < 4.78 is 5.36. The fourth-order valence-electron chi connectivity index (χ4n) is 2.05. The number of nitrogens with zero attached hydrogens (tertiary/aromatic N) is 1. The highest BCUT2D eigenvalue weighted by Crippen LogP contribution is 2.25. The summed E-state index contributed by atoms with van der Waals surface area (Å²) in [5.41, 5.74) is 8.56. The lowest BCUT2D eigenvalue weighted by Gasteiger charge is -2.22. The topological polar surface area (TPSA) is 38.5 Å². The Balaban J connectivity index is 2.79. The third kappa shape index (κ3) is 4.02. The van der Waals surface area contributed by atoms with Crippen molar-refractivity contribution in [2.75, 3.05) is 27.2 Å². The Hall–Kier alpha value is -1.06. The standard InChI is InChI=1S/C14H24N2O/c1-5-8-16(3)10-13(15)12-9-11(2)6-7-14(12)17-4/h6-7,9,13H,5,8,10,15H2,1-4H3. The van der Waals surface area contributed by atoms with Crippen LogP contribution >= 0.6 is 0 Å². The molecule has 0 fully saturated rings. The molecular formula is C14H24N2O. The van der Waals surface area contributed by atoms with E-state index in [1.807, 2.05) is 12.1 Å². The second-order valence-electron chi connectivity index (χ2n) is 4.61. The molecule has 0 spiro atoms. The first kappa shape index (κ1) is 14.0. The molecule has 0 aliphatic carbocycles. The Bertz CT molecular complexity index is 352. The average Bonchev–Trinajstić information content (AvgIpc) is 2.29. The highest BCUT2D eigenvalue weighted by Gasteiger charge is 2.13. The number of hydrogen-bond donors (Lipinski definition) is 1. The number of rotatable bonds is 6. The molecule has 3 nitrogen and oxygen atoms in total. The summed E-state index contributed by atoms with van der Waals surface area (Å²) >= 11 is 0. The van der Waals surface area contributed by atoms with Crippen LogP contribution < -0.4 is 10.5 Å². The van der Waals surface area contributed by atoms with Crippen molar-refractivity contribution < 1.29 is 4.74 Å². The van der Waals surface area contributed by atoms with E-state index in [4.69, 9.17) is 10.5 Å². The molecule has 17 heavy (non-hydrogen) atoms. The van der Waals surface area contributed by atoms with Gasteiger partial charge in [-0.3, -0.25) is 0 Å². The second-order valence-corrected chi connectivity index (χ2v) is 4.61. The summed E-state index contributed by atoms with van der Waals surface area (Å²) in [6, 6.07) is 6.15. The maximum Gasteiger partial charge on any atom is 0.123 e. The van der Waals surface area contributed by atoms with E-state index >= 15 is 0 Å². The Labute approximate surface area is 105 Å². The SMILES string of the molecule is CCCN(C)CC(N)c1cc(C)ccc1OC. The van der Waals surface area contributed by atoms with Crippen LogP contribution in [0.1, 0.15) is 30.5 Å². The zero-order chi connectivity index (χ0) is 12.8. The molecule has 0 radical (unpaired) electrons. The summed E-state index contributed by atoms with van der Waals surface area (Å²) in [5, 5.41) is 0. The van der Waals surface area contributed by atoms with Crippen LogP contribution in [0.2, 0.25) is 0 Å². The smallest absolute Gasteiger partial charge is 0.123 e. The molecule has 3 heteroatoms. The predicted octanol–water partition coefficient (Wildman–Crippen LogP) is 2.35. The van der Waals surface area contributed by atoms with E-state index in [0.717, 1.165) is 30.8 Å². The third-order valence-corrected chi connectivity index (χ3v) is 2.90. The number of ether oxygens (including phenoxy) is 1. The normalized spacial score (nSPS) is 12.8. The molecule has 2 N–H and O–H groups in total. The number of methoxy groups -OCH3 is 1. The largest absolute Gasteiger partial charge is 0.496 e. The Morgan fingerprint density at radius 2 is 2.12 bits per heavy atom. The minimum Gasteiger partial charge on any atom is -0.496 e. The Kier molecular flexibility index (Phi) is 5.45. The summed E-state index contributed by atoms with van der Waals surface area (Å²) in [4.78, 5) is 2.26. The van der Waals surface area contributed by atoms with Crippen LogP contribution in [0.15, 0.2) is 18.2 Å². The zero-order valence-corrected chi connectivity index (χ0v) is 11.4. The fraction of sp³-hybridized carbons (Fsp3) is 0.571. The van der Waals surface area contributed by atoms with Crippen LogP contribution in [-0.2, 0) is 0 Å². The van der Waals surface area contributed by atoms with Gasteiger partial charge in [0.15, 0.2) is 0 Å². The van der Waals surface area contributed by atoms with E-state index in [1.165, 1.54) is 5.56 Å². The van der Waals surface area contributed by atoms with E-state index in [2.05, 4.69) is 31.9 Å². The first-order valence-electron chi connectivity index (χ1n) is 6.17. The van der Waals surface area contributed by atoms with Crippen LogP contribution in [0.25, 0.3) is 0 Å². The molecular weight excluding hydrogens is 212 g/mol. The molecule has 0 aliphatic rings. The maximum atomic E-state index is 6.25. The first-order valence-corrected chi connectivity index (χ1v) is 6.17. The number of likely N-dealkylation sites (N-methyl/N-ethyl adjacent to an activating group) is 1. The molecule has 0 aromatic heterocycles. The quantitative estimate of drug-likeness (QED) is 0.824. The summed E-state index contributed by atoms with van der Waals surface area (Å²) in [5.74, 6) is 0.882. The molecule has 96 valence electrons. The molecule has 1 rings (SSSR count). The Morgan fingerprint density at radius 3 is 2.71 bits per heavy atom. The fourth-order valence-corrected chi connectivity index (χ4v) is 2.05. The van der Waals surface area contributed by atoms with Gasteiger partial charge in [-0.25, -0.2) is 0 Å². The van der Waals surface area contributed by atoms with Gasteiger partial charge in [0.2, 0.25) is 0 Å². The van der Waals surface area contributed by atoms with Crippen molar-refractivity contribution in [3.05, 3.63) is 29.3 Å². The van der Waals surface area contributed by atoms with Crippen LogP contribution in [-0.4, -0.2) is 32.1 Å². The molecule has 0 saturated heterocycles. The van der Waals surface area contributed by atoms with Crippen LogP contribution in [0, 0.1) is 6.92 Å². The van der Waals surface area contributed by atoms with Gasteiger partial charge >= 0.3 is 0 Å². The molecule has 0 bridgehead atoms. The molecule has 0 aliphatic heterocycles. The van der Waals surface area contributed by atoms with Crippen LogP contribution in [0.5, 0.6) is 5.75 Å². The monoisotopic (exact) mass is 236 g/mol. The van der Waals surface area contributed by atoms with E-state index in [9.17, 15) is 0 Å². The van der Waals surface area contributed by atoms with E-state index in [1.54, 1.807) is 7.11 Å². The van der Waals surface area contributed by atoms with Gasteiger partial charge in [-0.1, -0.05) is 24.6 Å². The minimum absolute atomic E-state index is 0.00130. The van der Waals surface area contributed by atoms with Crippen molar-refractivity contribution in [2.24, 2.45) is 5.73 Å². The van der Waals surface area contributed by atoms with Crippen molar-refractivity contribution in [3.8, 4) is 5.75 Å². The summed E-state index contributed by atoms with van der Waals surface area (Å²) in [6.45, 7) is 6.18. The number of nitrogens with two attached hydrogens (primary N) is 1. The van der Waals surface area contributed by atoms with Gasteiger partial charge in [-0.2, -0.15) is 0 Å². The van der Waals surface area contributed by atoms with Crippen LogP contribution in [0.3, 0.4) is 0 Å². The van der Waals surface area contributed by atoms with E-state index < -0.39 is 0 Å². The molecule has 0 heterocycles. The van der Waals surface area contributed by atoms with Gasteiger partial charge in [0.25, 0.3) is 0 Å². The van der Waals surface area contributed by atoms with Crippen molar-refractivity contribution in [3.63, 3.8) is 0 Å². The van der Waals surface area contributed by atoms with Crippen LogP contribution in [0.4, 0.5) is 0 Å². The molecule has 0 saturated carbocycles. The zero-order valence-electron chi connectivity index (χ0n) is 11.4. The van der Waals surface area contributed by atoms with Crippen molar-refractivity contribution in [2.45, 2.75) is 26.3 Å². The minimum atomic E-state index is 0.00130. The summed E-state index contributed by atoms with van der Waals surface area (Å²) in [6.07, 6.45) is 1.15. The van der Waals surface area contributed by atoms with E-state index in [0.29, 0.717) is 0 Å². The van der Waals surface area contributed by atoms with Gasteiger partial charge in [-0.05, 0) is 33.0 Å². The van der Waals surface area contributed by atoms with Gasteiger partial charge in [0, 0.05) is 18.2 Å². The van der Waals surface area contributed by atoms with E-state index in [-0.39, 0.29) is 6.04 Å². The Morgan fingerprint density at radius 1 is 1.41 bits per heavy atom. The lowest BCUT2D eigenvalue weighted by Crippen LogP contribution is -2.30. The average molecular weight is 236 g/mol. The van der Waals surface area contributed by atoms with Crippen molar-refractivity contribution in [1.82, 2.24) is 4.90 Å². The highest BCUT2D eigenvalue weighted by atomic mass is 16.5. The molecule has 1 unspecified atom stereocenters. The second kappa shape index (κ2) is 6.62. The first-order chi connectivity index (χ1) is 8.08. The molecule has 1 aromatic carbocycles. The number of benzene rings is 1. The molecule has 1 atom stereocenters. The van der Waals surface area contributed by atoms with Gasteiger partial charge < -0.3 is 15.4 Å². The lowest BCUT2D eigenvalue weighted by atomic mass is 10.0. The predicted molar refractivity (Wildman–Crippen MR) is 72.4 cm³/mol.